The molecule has 0 spiro atoms. The average Bonchev–Trinajstić information content (AvgIpc) is 2.75. The van der Waals surface area contributed by atoms with Gasteiger partial charge in [0.25, 0.3) is 0 Å². The zero-order valence-corrected chi connectivity index (χ0v) is 12.3. The second kappa shape index (κ2) is 6.37. The molecule has 1 rings (SSSR count). The smallest absolute Gasteiger partial charge is 0.319 e. The summed E-state index contributed by atoms with van der Waals surface area (Å²) < 4.78 is 5.03. The topological polar surface area (TPSA) is 66.8 Å². The molecule has 0 aromatic heterocycles. The van der Waals surface area contributed by atoms with Gasteiger partial charge in [0.15, 0.2) is 0 Å². The summed E-state index contributed by atoms with van der Waals surface area (Å²) >= 11 is 0. The van der Waals surface area contributed by atoms with Gasteiger partial charge in [-0.05, 0) is 25.2 Å². The van der Waals surface area contributed by atoms with Gasteiger partial charge < -0.3 is 14.7 Å². The van der Waals surface area contributed by atoms with Gasteiger partial charge in [0.1, 0.15) is 5.92 Å². The van der Waals surface area contributed by atoms with Crippen LogP contribution in [0, 0.1) is 11.3 Å². The van der Waals surface area contributed by atoms with Crippen molar-refractivity contribution in [2.24, 2.45) is 11.3 Å². The SMILES string of the molecule is CCOC(=O)C(C(=O)N1CCCC1CO)C(C)(C)C. The van der Waals surface area contributed by atoms with Gasteiger partial charge in [-0.15, -0.1) is 0 Å². The first-order chi connectivity index (χ1) is 8.82. The maximum absolute atomic E-state index is 12.6. The van der Waals surface area contributed by atoms with Crippen molar-refractivity contribution < 1.29 is 19.4 Å². The van der Waals surface area contributed by atoms with Crippen LogP contribution in [-0.2, 0) is 14.3 Å². The van der Waals surface area contributed by atoms with Gasteiger partial charge in [-0.3, -0.25) is 9.59 Å². The Labute approximate surface area is 114 Å². The molecule has 1 fully saturated rings. The molecule has 2 unspecified atom stereocenters. The van der Waals surface area contributed by atoms with Gasteiger partial charge in [0.05, 0.1) is 19.3 Å². The van der Waals surface area contributed by atoms with Crippen molar-refractivity contribution in [3.8, 4) is 0 Å². The van der Waals surface area contributed by atoms with Crippen LogP contribution in [0.4, 0.5) is 0 Å². The van der Waals surface area contributed by atoms with Crippen LogP contribution in [0.15, 0.2) is 0 Å². The maximum atomic E-state index is 12.6. The molecule has 0 bridgehead atoms. The fourth-order valence-corrected chi connectivity index (χ4v) is 2.53. The number of nitrogens with zero attached hydrogens (tertiary/aromatic N) is 1. The second-order valence-electron chi connectivity index (χ2n) is 6.06. The number of hydrogen-bond acceptors (Lipinski definition) is 4. The normalized spacial score (nSPS) is 21.3. The van der Waals surface area contributed by atoms with Crippen LogP contribution in [0.25, 0.3) is 0 Å². The van der Waals surface area contributed by atoms with Gasteiger partial charge in [-0.2, -0.15) is 0 Å². The van der Waals surface area contributed by atoms with E-state index in [-0.39, 0.29) is 25.2 Å². The molecule has 1 saturated heterocycles. The number of carbonyl (C=O) groups is 2. The van der Waals surface area contributed by atoms with Gasteiger partial charge in [-0.1, -0.05) is 20.8 Å². The molecule has 0 aliphatic carbocycles. The molecule has 1 amide bonds. The third-order valence-corrected chi connectivity index (χ3v) is 3.51. The van der Waals surface area contributed by atoms with Crippen molar-refractivity contribution in [3.05, 3.63) is 0 Å². The van der Waals surface area contributed by atoms with E-state index in [1.54, 1.807) is 11.8 Å². The molecule has 0 radical (unpaired) electrons. The molecule has 0 aromatic rings. The van der Waals surface area contributed by atoms with E-state index in [1.165, 1.54) is 0 Å². The zero-order chi connectivity index (χ0) is 14.6. The van der Waals surface area contributed by atoms with Gasteiger partial charge in [0, 0.05) is 6.54 Å². The van der Waals surface area contributed by atoms with Crippen molar-refractivity contribution in [2.45, 2.75) is 46.6 Å². The van der Waals surface area contributed by atoms with E-state index in [2.05, 4.69) is 0 Å². The predicted molar refractivity (Wildman–Crippen MR) is 71.4 cm³/mol. The third kappa shape index (κ3) is 3.69. The summed E-state index contributed by atoms with van der Waals surface area (Å²) in [6.07, 6.45) is 1.67. The van der Waals surface area contributed by atoms with E-state index in [0.29, 0.717) is 6.54 Å². The lowest BCUT2D eigenvalue weighted by Crippen LogP contribution is -2.48. The second-order valence-corrected chi connectivity index (χ2v) is 6.06. The lowest BCUT2D eigenvalue weighted by Gasteiger charge is -2.33. The largest absolute Gasteiger partial charge is 0.465 e. The number of likely N-dealkylation sites (tertiary alicyclic amines) is 1. The summed E-state index contributed by atoms with van der Waals surface area (Å²) in [6.45, 7) is 8.13. The highest BCUT2D eigenvalue weighted by molar-refractivity contribution is 5.98. The Kier molecular flexibility index (Phi) is 5.35. The van der Waals surface area contributed by atoms with Crippen LogP contribution in [0.2, 0.25) is 0 Å². The molecule has 1 aliphatic rings. The highest BCUT2D eigenvalue weighted by Crippen LogP contribution is 2.31. The van der Waals surface area contributed by atoms with E-state index in [4.69, 9.17) is 4.74 Å². The number of ether oxygens (including phenoxy) is 1. The number of amides is 1. The number of esters is 1. The summed E-state index contributed by atoms with van der Waals surface area (Å²) in [5.41, 5.74) is -0.494. The third-order valence-electron chi connectivity index (χ3n) is 3.51. The minimum Gasteiger partial charge on any atom is -0.465 e. The molecule has 0 saturated carbocycles. The van der Waals surface area contributed by atoms with Crippen LogP contribution >= 0.6 is 0 Å². The van der Waals surface area contributed by atoms with Crippen LogP contribution in [-0.4, -0.2) is 47.7 Å². The predicted octanol–water partition coefficient (Wildman–Crippen LogP) is 1.20. The molecular formula is C14H25NO4. The van der Waals surface area contributed by atoms with E-state index in [1.807, 2.05) is 20.8 Å². The molecule has 5 heteroatoms. The Morgan fingerprint density at radius 3 is 2.53 bits per heavy atom. The molecule has 5 nitrogen and oxygen atoms in total. The molecule has 1 N–H and O–H groups in total. The Hall–Kier alpha value is -1.10. The highest BCUT2D eigenvalue weighted by Gasteiger charge is 2.43. The van der Waals surface area contributed by atoms with Crippen molar-refractivity contribution in [2.75, 3.05) is 19.8 Å². The molecule has 19 heavy (non-hydrogen) atoms. The number of carbonyl (C=O) groups excluding carboxylic acids is 2. The van der Waals surface area contributed by atoms with Crippen molar-refractivity contribution in [3.63, 3.8) is 0 Å². The monoisotopic (exact) mass is 271 g/mol. The first-order valence-electron chi connectivity index (χ1n) is 6.90. The Morgan fingerprint density at radius 1 is 1.42 bits per heavy atom. The van der Waals surface area contributed by atoms with Crippen molar-refractivity contribution >= 4 is 11.9 Å². The Morgan fingerprint density at radius 2 is 2.05 bits per heavy atom. The van der Waals surface area contributed by atoms with Crippen LogP contribution in [0.1, 0.15) is 40.5 Å². The quantitative estimate of drug-likeness (QED) is 0.616. The fraction of sp³-hybridized carbons (Fsp3) is 0.857. The van der Waals surface area contributed by atoms with E-state index in [9.17, 15) is 14.7 Å². The van der Waals surface area contributed by atoms with Gasteiger partial charge in [-0.25, -0.2) is 0 Å². The molecule has 1 aliphatic heterocycles. The molecule has 110 valence electrons. The summed E-state index contributed by atoms with van der Waals surface area (Å²) in [6, 6.07) is -0.160. The summed E-state index contributed by atoms with van der Waals surface area (Å²) in [5, 5.41) is 9.30. The van der Waals surface area contributed by atoms with E-state index < -0.39 is 17.3 Å². The molecule has 2 atom stereocenters. The fourth-order valence-electron chi connectivity index (χ4n) is 2.53. The summed E-state index contributed by atoms with van der Waals surface area (Å²) in [7, 11) is 0. The Balaban J connectivity index is 2.92. The summed E-state index contributed by atoms with van der Waals surface area (Å²) in [5.74, 6) is -1.49. The van der Waals surface area contributed by atoms with Crippen molar-refractivity contribution in [1.82, 2.24) is 4.90 Å². The first-order valence-corrected chi connectivity index (χ1v) is 6.90. The molecule has 1 heterocycles. The Bertz CT molecular complexity index is 335. The summed E-state index contributed by atoms with van der Waals surface area (Å²) in [4.78, 5) is 26.3. The van der Waals surface area contributed by atoms with Crippen LogP contribution in [0.3, 0.4) is 0 Å². The van der Waals surface area contributed by atoms with Gasteiger partial charge in [0.2, 0.25) is 5.91 Å². The average molecular weight is 271 g/mol. The zero-order valence-electron chi connectivity index (χ0n) is 12.3. The lowest BCUT2D eigenvalue weighted by atomic mass is 9.79. The van der Waals surface area contributed by atoms with Crippen molar-refractivity contribution in [1.29, 1.82) is 0 Å². The number of rotatable bonds is 4. The number of aliphatic hydroxyl groups excluding tert-OH is 1. The van der Waals surface area contributed by atoms with Crippen LogP contribution < -0.4 is 0 Å². The first kappa shape index (κ1) is 16.0. The van der Waals surface area contributed by atoms with Crippen LogP contribution in [0.5, 0.6) is 0 Å². The minimum atomic E-state index is -0.806. The molecule has 0 aromatic carbocycles. The maximum Gasteiger partial charge on any atom is 0.319 e. The van der Waals surface area contributed by atoms with Gasteiger partial charge >= 0.3 is 5.97 Å². The minimum absolute atomic E-state index is 0.0502. The number of aliphatic hydroxyl groups is 1. The number of hydrogen-bond donors (Lipinski definition) is 1. The lowest BCUT2D eigenvalue weighted by molar-refractivity contribution is -0.161. The standard InChI is InChI=1S/C14H25NO4/c1-5-19-13(18)11(14(2,3)4)12(17)15-8-6-7-10(15)9-16/h10-11,16H,5-9H2,1-4H3. The van der Waals surface area contributed by atoms with E-state index in [0.717, 1.165) is 12.8 Å². The highest BCUT2D eigenvalue weighted by atomic mass is 16.5. The van der Waals surface area contributed by atoms with E-state index >= 15 is 0 Å². The molecular weight excluding hydrogens is 246 g/mol.